The molecule has 1 unspecified atom stereocenters. The van der Waals surface area contributed by atoms with Crippen molar-refractivity contribution in [1.82, 2.24) is 0 Å². The minimum atomic E-state index is -3.37. The van der Waals surface area contributed by atoms with Gasteiger partial charge in [0.2, 0.25) is 0 Å². The standard InChI is InChI=1S/C22H14ClF4NO6/c23-12-7-9(8-14(29)30)5-6-13(12)28-19(31)15-16(20(28)32)18(34-22(26)27)11-4-2-1-3-10(11)17(15)33-21(24)25/h1-7,19,21-22,31H,8H2,(H,29,30). The molecule has 1 aliphatic rings. The second kappa shape index (κ2) is 8.99. The lowest BCUT2D eigenvalue weighted by molar-refractivity contribution is -0.136. The number of aliphatic carboxylic acids is 1. The van der Waals surface area contributed by atoms with Crippen LogP contribution in [0.2, 0.25) is 5.02 Å². The molecule has 12 heteroatoms. The van der Waals surface area contributed by atoms with Crippen molar-refractivity contribution in [3.05, 3.63) is 64.2 Å². The first kappa shape index (κ1) is 23.6. The first-order chi connectivity index (χ1) is 16.1. The van der Waals surface area contributed by atoms with Crippen molar-refractivity contribution in [1.29, 1.82) is 0 Å². The fourth-order valence-corrected chi connectivity index (χ4v) is 4.21. The van der Waals surface area contributed by atoms with E-state index in [-0.39, 0.29) is 33.5 Å². The van der Waals surface area contributed by atoms with Crippen LogP contribution in [0.25, 0.3) is 10.8 Å². The summed E-state index contributed by atoms with van der Waals surface area (Å²) in [6.07, 6.45) is -2.33. The molecule has 0 saturated heterocycles. The summed E-state index contributed by atoms with van der Waals surface area (Å²) in [5.74, 6) is -3.39. The number of rotatable bonds is 7. The molecule has 4 rings (SSSR count). The largest absolute Gasteiger partial charge is 0.481 e. The van der Waals surface area contributed by atoms with Crippen LogP contribution >= 0.6 is 11.6 Å². The van der Waals surface area contributed by atoms with Gasteiger partial charge in [-0.15, -0.1) is 0 Å². The Hall–Kier alpha value is -3.57. The molecule has 3 aromatic rings. The normalized spacial score (nSPS) is 15.4. The van der Waals surface area contributed by atoms with E-state index >= 15 is 0 Å². The number of amides is 1. The van der Waals surface area contributed by atoms with Gasteiger partial charge in [-0.25, -0.2) is 0 Å². The Labute approximate surface area is 193 Å². The lowest BCUT2D eigenvalue weighted by Gasteiger charge is -2.23. The molecule has 1 atom stereocenters. The van der Waals surface area contributed by atoms with Crippen LogP contribution in [0.1, 0.15) is 27.7 Å². The van der Waals surface area contributed by atoms with Crippen molar-refractivity contribution in [2.75, 3.05) is 4.90 Å². The van der Waals surface area contributed by atoms with Gasteiger partial charge in [-0.1, -0.05) is 41.9 Å². The van der Waals surface area contributed by atoms with Crippen LogP contribution in [0.3, 0.4) is 0 Å². The van der Waals surface area contributed by atoms with Gasteiger partial charge in [0, 0.05) is 10.8 Å². The Morgan fingerprint density at radius 3 is 2.18 bits per heavy atom. The summed E-state index contributed by atoms with van der Waals surface area (Å²) in [6, 6.07) is 9.25. The van der Waals surface area contributed by atoms with Crippen LogP contribution in [-0.4, -0.2) is 35.3 Å². The Bertz CT molecular complexity index is 1300. The second-order valence-electron chi connectivity index (χ2n) is 7.15. The fraction of sp³-hybridized carbons (Fsp3) is 0.182. The number of benzene rings is 3. The zero-order valence-corrected chi connectivity index (χ0v) is 17.6. The van der Waals surface area contributed by atoms with Gasteiger partial charge in [0.25, 0.3) is 5.91 Å². The topological polar surface area (TPSA) is 96.3 Å². The number of nitrogens with zero attached hydrogens (tertiary/aromatic N) is 1. The number of carbonyl (C=O) groups excluding carboxylic acids is 1. The highest BCUT2D eigenvalue weighted by Gasteiger charge is 2.44. The molecule has 7 nitrogen and oxygen atoms in total. The Balaban J connectivity index is 1.95. The van der Waals surface area contributed by atoms with E-state index in [4.69, 9.17) is 16.7 Å². The number of anilines is 1. The molecule has 1 amide bonds. The molecule has 0 spiro atoms. The average molecular weight is 500 g/mol. The van der Waals surface area contributed by atoms with Crippen LogP contribution in [-0.2, 0) is 11.2 Å². The van der Waals surface area contributed by atoms with Crippen molar-refractivity contribution in [3.8, 4) is 11.5 Å². The number of aliphatic hydroxyl groups is 1. The van der Waals surface area contributed by atoms with E-state index in [2.05, 4.69) is 9.47 Å². The Morgan fingerprint density at radius 2 is 1.62 bits per heavy atom. The molecule has 1 aliphatic heterocycles. The van der Waals surface area contributed by atoms with E-state index in [0.717, 1.165) is 0 Å². The van der Waals surface area contributed by atoms with E-state index in [9.17, 15) is 32.3 Å². The van der Waals surface area contributed by atoms with Gasteiger partial charge in [0.1, 0.15) is 11.5 Å². The monoisotopic (exact) mass is 499 g/mol. The molecule has 2 N–H and O–H groups in total. The molecular formula is C22H14ClF4NO6. The highest BCUT2D eigenvalue weighted by molar-refractivity contribution is 6.34. The summed E-state index contributed by atoms with van der Waals surface area (Å²) < 4.78 is 62.2. The number of hydrogen-bond acceptors (Lipinski definition) is 5. The number of hydrogen-bond donors (Lipinski definition) is 2. The van der Waals surface area contributed by atoms with Gasteiger partial charge in [0.05, 0.1) is 28.3 Å². The molecule has 178 valence electrons. The number of carboxylic acid groups (broad SMARTS) is 1. The molecule has 1 heterocycles. The van der Waals surface area contributed by atoms with E-state index in [1.165, 1.54) is 42.5 Å². The summed E-state index contributed by atoms with van der Waals surface area (Å²) in [6.45, 7) is -6.73. The van der Waals surface area contributed by atoms with E-state index in [1.807, 2.05) is 0 Å². The molecular weight excluding hydrogens is 486 g/mol. The summed E-state index contributed by atoms with van der Waals surface area (Å²) in [5.41, 5.74) is -0.910. The summed E-state index contributed by atoms with van der Waals surface area (Å²) >= 11 is 6.22. The third kappa shape index (κ3) is 4.08. The predicted octanol–water partition coefficient (Wildman–Crippen LogP) is 4.97. The SMILES string of the molecule is O=C(O)Cc1ccc(N2C(=O)c3c(c(OC(F)F)c4ccccc4c3OC(F)F)C2O)c(Cl)c1. The van der Waals surface area contributed by atoms with Crippen LogP contribution in [0, 0.1) is 0 Å². The minimum absolute atomic E-state index is 0.0891. The van der Waals surface area contributed by atoms with Crippen LogP contribution in [0.5, 0.6) is 11.5 Å². The molecule has 3 aromatic carbocycles. The quantitative estimate of drug-likeness (QED) is 0.445. The number of halogens is 5. The van der Waals surface area contributed by atoms with E-state index < -0.39 is 54.0 Å². The predicted molar refractivity (Wildman–Crippen MR) is 112 cm³/mol. The van der Waals surface area contributed by atoms with Crippen molar-refractivity contribution in [2.45, 2.75) is 25.9 Å². The highest BCUT2D eigenvalue weighted by Crippen LogP contribution is 2.51. The summed E-state index contributed by atoms with van der Waals surface area (Å²) in [7, 11) is 0. The zero-order chi connectivity index (χ0) is 24.7. The molecule has 34 heavy (non-hydrogen) atoms. The van der Waals surface area contributed by atoms with Gasteiger partial charge >= 0.3 is 19.2 Å². The minimum Gasteiger partial charge on any atom is -0.481 e. The third-order valence-corrected chi connectivity index (χ3v) is 5.44. The zero-order valence-electron chi connectivity index (χ0n) is 16.8. The lowest BCUT2D eigenvalue weighted by atomic mass is 9.98. The van der Waals surface area contributed by atoms with Gasteiger partial charge < -0.3 is 19.7 Å². The number of alkyl halides is 4. The maximum atomic E-state index is 13.4. The number of fused-ring (bicyclic) bond motifs is 2. The Kier molecular flexibility index (Phi) is 6.24. The Morgan fingerprint density at radius 1 is 1.03 bits per heavy atom. The third-order valence-electron chi connectivity index (χ3n) is 5.13. The molecule has 0 aliphatic carbocycles. The van der Waals surface area contributed by atoms with Crippen molar-refractivity contribution >= 4 is 39.9 Å². The first-order valence-corrected chi connectivity index (χ1v) is 9.98. The van der Waals surface area contributed by atoms with Crippen LogP contribution in [0.4, 0.5) is 23.2 Å². The highest BCUT2D eigenvalue weighted by atomic mass is 35.5. The molecule has 0 saturated carbocycles. The lowest BCUT2D eigenvalue weighted by Crippen LogP contribution is -2.28. The van der Waals surface area contributed by atoms with Gasteiger partial charge in [-0.2, -0.15) is 17.6 Å². The van der Waals surface area contributed by atoms with Crippen LogP contribution < -0.4 is 14.4 Å². The molecule has 0 radical (unpaired) electrons. The average Bonchev–Trinajstić information content (AvgIpc) is 3.00. The number of aliphatic hydroxyl groups excluding tert-OH is 1. The van der Waals surface area contributed by atoms with Gasteiger partial charge in [-0.3, -0.25) is 14.5 Å². The number of carbonyl (C=O) groups is 2. The van der Waals surface area contributed by atoms with Gasteiger partial charge in [0.15, 0.2) is 6.23 Å². The fourth-order valence-electron chi connectivity index (χ4n) is 3.91. The van der Waals surface area contributed by atoms with Crippen LogP contribution in [0.15, 0.2) is 42.5 Å². The molecule has 0 aromatic heterocycles. The van der Waals surface area contributed by atoms with Gasteiger partial charge in [-0.05, 0) is 17.7 Å². The number of carboxylic acids is 1. The maximum Gasteiger partial charge on any atom is 0.387 e. The summed E-state index contributed by atoms with van der Waals surface area (Å²) in [4.78, 5) is 25.0. The first-order valence-electron chi connectivity index (χ1n) is 9.60. The smallest absolute Gasteiger partial charge is 0.387 e. The van der Waals surface area contributed by atoms with Crippen molar-refractivity contribution in [2.24, 2.45) is 0 Å². The van der Waals surface area contributed by atoms with Crippen molar-refractivity contribution in [3.63, 3.8) is 0 Å². The molecule has 0 fully saturated rings. The number of ether oxygens (including phenoxy) is 2. The molecule has 0 bridgehead atoms. The van der Waals surface area contributed by atoms with Crippen molar-refractivity contribution < 1.29 is 46.8 Å². The second-order valence-corrected chi connectivity index (χ2v) is 7.56. The van der Waals surface area contributed by atoms with E-state index in [1.54, 1.807) is 0 Å². The maximum absolute atomic E-state index is 13.4. The summed E-state index contributed by atoms with van der Waals surface area (Å²) in [5, 5.41) is 19.6. The van der Waals surface area contributed by atoms with E-state index in [0.29, 0.717) is 4.90 Å².